The second-order valence-corrected chi connectivity index (χ2v) is 8.98. The Kier molecular flexibility index (Phi) is 9.60. The molecule has 0 aliphatic heterocycles. The van der Waals surface area contributed by atoms with Crippen molar-refractivity contribution in [2.75, 3.05) is 37.5 Å². The Bertz CT molecular complexity index is 699. The smallest absolute Gasteiger partial charge is 0.341 e. The topological polar surface area (TPSA) is 135 Å². The van der Waals surface area contributed by atoms with Gasteiger partial charge in [-0.25, -0.2) is 13.2 Å². The van der Waals surface area contributed by atoms with Gasteiger partial charge >= 0.3 is 5.97 Å². The Morgan fingerprint density at radius 1 is 1.12 bits per heavy atom. The number of carbonyl (C=O) groups excluding carboxylic acids is 2. The van der Waals surface area contributed by atoms with Gasteiger partial charge in [-0.15, -0.1) is 0 Å². The minimum Gasteiger partial charge on any atom is -0.462 e. The van der Waals surface area contributed by atoms with Gasteiger partial charge in [-0.05, 0) is 32.2 Å². The van der Waals surface area contributed by atoms with Crippen molar-refractivity contribution in [3.63, 3.8) is 0 Å². The zero-order valence-corrected chi connectivity index (χ0v) is 16.0. The third-order valence-electron chi connectivity index (χ3n) is 2.82. The van der Waals surface area contributed by atoms with Gasteiger partial charge in [0.1, 0.15) is 15.4 Å². The van der Waals surface area contributed by atoms with Crippen molar-refractivity contribution in [1.82, 2.24) is 4.90 Å². The Labute approximate surface area is 148 Å². The van der Waals surface area contributed by atoms with Crippen molar-refractivity contribution in [2.45, 2.75) is 13.8 Å². The van der Waals surface area contributed by atoms with Crippen LogP contribution in [0.4, 0.5) is 0 Å². The lowest BCUT2D eigenvalue weighted by molar-refractivity contribution is -0.139. The van der Waals surface area contributed by atoms with Crippen molar-refractivity contribution < 1.29 is 35.7 Å². The molecule has 0 aliphatic rings. The Morgan fingerprint density at radius 2 is 1.68 bits per heavy atom. The molecule has 0 aromatic carbocycles. The predicted octanol–water partition coefficient (Wildman–Crippen LogP) is -0.187. The highest BCUT2D eigenvalue weighted by Crippen LogP contribution is 2.02. The van der Waals surface area contributed by atoms with E-state index in [1.54, 1.807) is 6.92 Å². The number of allylic oxidation sites excluding steroid dienone is 2. The maximum absolute atomic E-state index is 11.6. The molecular weight excluding hydrogens is 374 g/mol. The lowest BCUT2D eigenvalue weighted by Gasteiger charge is -2.18. The number of rotatable bonds is 11. The summed E-state index contributed by atoms with van der Waals surface area (Å²) >= 11 is 0. The van der Waals surface area contributed by atoms with Crippen LogP contribution in [0.3, 0.4) is 0 Å². The number of Topliss-reactive ketones (excluding diaryl/α,β-unsaturated/α-hetero) is 1. The Morgan fingerprint density at radius 3 is 2.12 bits per heavy atom. The molecule has 0 fully saturated rings. The first-order chi connectivity index (χ1) is 11.4. The highest BCUT2D eigenvalue weighted by Gasteiger charge is 2.14. The second kappa shape index (κ2) is 10.3. The lowest BCUT2D eigenvalue weighted by Crippen LogP contribution is -2.29. The van der Waals surface area contributed by atoms with Gasteiger partial charge in [-0.3, -0.25) is 9.35 Å². The van der Waals surface area contributed by atoms with Gasteiger partial charge in [0.2, 0.25) is 0 Å². The number of carbonyl (C=O) groups is 2. The molecule has 1 N–H and O–H groups in total. The van der Waals surface area contributed by atoms with Crippen LogP contribution in [0.1, 0.15) is 13.8 Å². The highest BCUT2D eigenvalue weighted by molar-refractivity contribution is 7.90. The van der Waals surface area contributed by atoms with E-state index in [4.69, 9.17) is 9.29 Å². The number of esters is 1. The van der Waals surface area contributed by atoms with Gasteiger partial charge in [0.25, 0.3) is 10.1 Å². The monoisotopic (exact) mass is 397 g/mol. The minimum atomic E-state index is -4.22. The Hall–Kier alpha value is -1.72. The molecule has 0 aliphatic carbocycles. The molecule has 144 valence electrons. The van der Waals surface area contributed by atoms with Gasteiger partial charge < -0.3 is 9.64 Å². The Balaban J connectivity index is 5.22. The van der Waals surface area contributed by atoms with E-state index in [1.807, 2.05) is 0 Å². The molecule has 0 spiro atoms. The van der Waals surface area contributed by atoms with E-state index in [0.717, 1.165) is 6.26 Å². The first kappa shape index (κ1) is 23.3. The molecule has 0 aromatic rings. The molecule has 0 rings (SSSR count). The summed E-state index contributed by atoms with van der Waals surface area (Å²) in [4.78, 5) is 24.4. The molecule has 0 bridgehead atoms. The molecule has 25 heavy (non-hydrogen) atoms. The van der Waals surface area contributed by atoms with E-state index >= 15 is 0 Å². The van der Waals surface area contributed by atoms with Crippen LogP contribution in [-0.4, -0.2) is 75.5 Å². The molecule has 0 aromatic heterocycles. The number of hydrogen-bond acceptors (Lipinski definition) is 8. The van der Waals surface area contributed by atoms with E-state index in [-0.39, 0.29) is 31.0 Å². The molecule has 0 amide bonds. The van der Waals surface area contributed by atoms with Crippen LogP contribution in [0.15, 0.2) is 23.9 Å². The quantitative estimate of drug-likeness (QED) is 0.126. The molecule has 0 saturated carbocycles. The van der Waals surface area contributed by atoms with Crippen molar-refractivity contribution in [2.24, 2.45) is 0 Å². The van der Waals surface area contributed by atoms with Crippen LogP contribution in [0, 0.1) is 0 Å². The summed E-state index contributed by atoms with van der Waals surface area (Å²) in [6, 6.07) is 0. The third-order valence-corrected chi connectivity index (χ3v) is 4.44. The summed E-state index contributed by atoms with van der Waals surface area (Å²) < 4.78 is 57.7. The van der Waals surface area contributed by atoms with E-state index < -0.39 is 37.5 Å². The molecule has 11 heteroatoms. The number of nitrogens with zero attached hydrogens (tertiary/aromatic N) is 1. The molecule has 0 radical (unpaired) electrons. The zero-order chi connectivity index (χ0) is 19.7. The zero-order valence-electron chi connectivity index (χ0n) is 14.3. The average molecular weight is 397 g/mol. The highest BCUT2D eigenvalue weighted by atomic mass is 32.2. The van der Waals surface area contributed by atoms with Crippen LogP contribution in [0.25, 0.3) is 0 Å². The summed E-state index contributed by atoms with van der Waals surface area (Å²) in [6.07, 6.45) is 4.87. The third kappa shape index (κ3) is 12.3. The van der Waals surface area contributed by atoms with Gasteiger partial charge in [0.05, 0.1) is 18.1 Å². The fourth-order valence-corrected chi connectivity index (χ4v) is 2.61. The first-order valence-electron chi connectivity index (χ1n) is 7.29. The normalized spacial score (nSPS) is 13.0. The van der Waals surface area contributed by atoms with E-state index in [1.165, 1.54) is 30.2 Å². The summed E-state index contributed by atoms with van der Waals surface area (Å²) in [5.41, 5.74) is -0.198. The number of hydrogen-bond donors (Lipinski definition) is 1. The predicted molar refractivity (Wildman–Crippen MR) is 92.2 cm³/mol. The first-order valence-corrected chi connectivity index (χ1v) is 11.0. The molecule has 0 saturated heterocycles. The summed E-state index contributed by atoms with van der Waals surface area (Å²) in [5, 5.41) is 0. The maximum atomic E-state index is 11.6. The fourth-order valence-electron chi connectivity index (χ4n) is 1.58. The maximum Gasteiger partial charge on any atom is 0.341 e. The SMILES string of the molecule is CCOC(=O)/C(=C/C=C/N(CCS(C)(=O)=O)CCS(=O)(=O)O)C(C)=O. The van der Waals surface area contributed by atoms with Crippen LogP contribution in [-0.2, 0) is 34.3 Å². The van der Waals surface area contributed by atoms with Gasteiger partial charge in [-0.2, -0.15) is 8.42 Å². The van der Waals surface area contributed by atoms with Gasteiger partial charge in [0, 0.05) is 19.3 Å². The molecule has 9 nitrogen and oxygen atoms in total. The molecule has 0 atom stereocenters. The fraction of sp³-hybridized carbons (Fsp3) is 0.571. The van der Waals surface area contributed by atoms with Crippen molar-refractivity contribution in [3.05, 3.63) is 23.9 Å². The van der Waals surface area contributed by atoms with Crippen LogP contribution in [0.2, 0.25) is 0 Å². The van der Waals surface area contributed by atoms with E-state index in [0.29, 0.717) is 0 Å². The second-order valence-electron chi connectivity index (χ2n) is 5.15. The van der Waals surface area contributed by atoms with Gasteiger partial charge in [-0.1, -0.05) is 0 Å². The standard InChI is InChI=1S/C14H23NO8S2/c1-4-23-14(17)13(12(2)16)6-5-7-15(8-10-24(3,18)19)9-11-25(20,21)22/h5-7H,4,8-11H2,1-3H3,(H,20,21,22)/b7-5+,13-6+. The average Bonchev–Trinajstić information content (AvgIpc) is 2.43. The molecular formula is C14H23NO8S2. The lowest BCUT2D eigenvalue weighted by atomic mass is 10.2. The largest absolute Gasteiger partial charge is 0.462 e. The summed E-state index contributed by atoms with van der Waals surface area (Å²) in [5.74, 6) is -2.13. The van der Waals surface area contributed by atoms with Crippen LogP contribution < -0.4 is 0 Å². The summed E-state index contributed by atoms with van der Waals surface area (Å²) in [7, 11) is -7.50. The van der Waals surface area contributed by atoms with Crippen LogP contribution >= 0.6 is 0 Å². The van der Waals surface area contributed by atoms with E-state index in [2.05, 4.69) is 0 Å². The van der Waals surface area contributed by atoms with Crippen LogP contribution in [0.5, 0.6) is 0 Å². The van der Waals surface area contributed by atoms with Crippen molar-refractivity contribution in [1.29, 1.82) is 0 Å². The van der Waals surface area contributed by atoms with Gasteiger partial charge in [0.15, 0.2) is 5.78 Å². The van der Waals surface area contributed by atoms with E-state index in [9.17, 15) is 26.4 Å². The number of ether oxygens (including phenoxy) is 1. The number of sulfone groups is 1. The van der Waals surface area contributed by atoms with Crippen molar-refractivity contribution >= 4 is 31.7 Å². The summed E-state index contributed by atoms with van der Waals surface area (Å²) in [6.45, 7) is 2.70. The number of ketones is 1. The van der Waals surface area contributed by atoms with Crippen molar-refractivity contribution in [3.8, 4) is 0 Å². The molecule has 0 heterocycles. The molecule has 0 unspecified atom stereocenters. The minimum absolute atomic E-state index is 0.0203.